The van der Waals surface area contributed by atoms with Gasteiger partial charge in [-0.1, -0.05) is 0 Å². The molecule has 13 heteroatoms. The van der Waals surface area contributed by atoms with Crippen LogP contribution < -0.4 is 0 Å². The normalized spacial score (nSPS) is 10.8. The zero-order chi connectivity index (χ0) is 25.1. The predicted molar refractivity (Wildman–Crippen MR) is 107 cm³/mol. The number of esters is 4. The van der Waals surface area contributed by atoms with E-state index in [0.717, 1.165) is 28.4 Å². The maximum Gasteiger partial charge on any atom is 0.341 e. The fraction of sp³-hybridized carbons (Fsp3) is 0.200. The van der Waals surface area contributed by atoms with Crippen LogP contribution in [0.5, 0.6) is 11.5 Å². The molecule has 2 aromatic carbocycles. The number of methoxy groups -OCH3 is 4. The molecule has 0 bridgehead atoms. The Bertz CT molecular complexity index is 1170. The van der Waals surface area contributed by atoms with Crippen molar-refractivity contribution in [3.63, 3.8) is 0 Å². The van der Waals surface area contributed by atoms with Gasteiger partial charge in [-0.15, -0.1) is 0 Å². The Morgan fingerprint density at radius 3 is 1.12 bits per heavy atom. The van der Waals surface area contributed by atoms with E-state index >= 15 is 0 Å². The van der Waals surface area contributed by atoms with Crippen LogP contribution in [0.25, 0.3) is 0 Å². The van der Waals surface area contributed by atoms with Gasteiger partial charge >= 0.3 is 23.9 Å². The molecule has 0 fully saturated rings. The van der Waals surface area contributed by atoms with Gasteiger partial charge in [0.05, 0.1) is 49.4 Å². The molecule has 0 saturated heterocycles. The topological polar surface area (TPSA) is 180 Å². The van der Waals surface area contributed by atoms with Gasteiger partial charge in [0.25, 0.3) is 0 Å². The highest BCUT2D eigenvalue weighted by Gasteiger charge is 2.34. The molecular formula is C20H18O12S. The zero-order valence-corrected chi connectivity index (χ0v) is 18.5. The number of carbonyl (C=O) groups is 4. The van der Waals surface area contributed by atoms with E-state index < -0.39 is 77.3 Å². The fourth-order valence-corrected chi connectivity index (χ4v) is 4.43. The maximum absolute atomic E-state index is 13.6. The second kappa shape index (κ2) is 9.56. The molecule has 12 nitrogen and oxygen atoms in total. The summed E-state index contributed by atoms with van der Waals surface area (Å²) in [6.07, 6.45) is 0. The summed E-state index contributed by atoms with van der Waals surface area (Å²) in [5.41, 5.74) is -2.61. The van der Waals surface area contributed by atoms with Crippen molar-refractivity contribution < 1.29 is 56.8 Å². The Labute approximate surface area is 187 Å². The van der Waals surface area contributed by atoms with Crippen LogP contribution in [0.15, 0.2) is 34.1 Å². The lowest BCUT2D eigenvalue weighted by Gasteiger charge is -2.15. The number of sulfone groups is 1. The van der Waals surface area contributed by atoms with E-state index in [1.165, 1.54) is 0 Å². The van der Waals surface area contributed by atoms with Crippen LogP contribution in [0.3, 0.4) is 0 Å². The van der Waals surface area contributed by atoms with Crippen LogP contribution in [0.1, 0.15) is 41.4 Å². The first-order valence-corrected chi connectivity index (χ1v) is 10.2. The average molecular weight is 482 g/mol. The van der Waals surface area contributed by atoms with Gasteiger partial charge in [0, 0.05) is 0 Å². The minimum atomic E-state index is -4.91. The second-order valence-corrected chi connectivity index (χ2v) is 8.09. The van der Waals surface area contributed by atoms with Crippen molar-refractivity contribution in [2.24, 2.45) is 0 Å². The minimum absolute atomic E-state index is 0.615. The standard InChI is InChI=1S/C20H18O12S/c1-29-17(23)9-7-15(11(5-13(9)21)19(25)31-3)33(27,28)16-8-10(18(24)30-2)14(22)6-12(16)20(26)32-4/h5-8,21-22H,1-4H3. The molecule has 33 heavy (non-hydrogen) atoms. The molecule has 0 atom stereocenters. The molecule has 2 N–H and O–H groups in total. The highest BCUT2D eigenvalue weighted by Crippen LogP contribution is 2.35. The summed E-state index contributed by atoms with van der Waals surface area (Å²) >= 11 is 0. The van der Waals surface area contributed by atoms with Crippen molar-refractivity contribution in [1.29, 1.82) is 0 Å². The van der Waals surface area contributed by atoms with Crippen molar-refractivity contribution in [2.45, 2.75) is 9.79 Å². The van der Waals surface area contributed by atoms with Crippen LogP contribution in [-0.2, 0) is 28.8 Å². The summed E-state index contributed by atoms with van der Waals surface area (Å²) in [6.45, 7) is 0. The Morgan fingerprint density at radius 1 is 0.576 bits per heavy atom. The lowest BCUT2D eigenvalue weighted by atomic mass is 10.1. The van der Waals surface area contributed by atoms with Crippen molar-refractivity contribution >= 4 is 33.7 Å². The van der Waals surface area contributed by atoms with Crippen molar-refractivity contribution in [1.82, 2.24) is 0 Å². The van der Waals surface area contributed by atoms with E-state index in [2.05, 4.69) is 18.9 Å². The van der Waals surface area contributed by atoms with Gasteiger partial charge in [-0.3, -0.25) is 0 Å². The molecule has 0 aromatic heterocycles. The number of phenolic OH excluding ortho intramolecular Hbond substituents is 2. The first-order valence-electron chi connectivity index (χ1n) is 8.76. The molecule has 2 aromatic rings. The van der Waals surface area contributed by atoms with Crippen LogP contribution in [0, 0.1) is 0 Å². The monoisotopic (exact) mass is 482 g/mol. The van der Waals surface area contributed by atoms with Crippen molar-refractivity contribution in [2.75, 3.05) is 28.4 Å². The van der Waals surface area contributed by atoms with Crippen molar-refractivity contribution in [3.8, 4) is 11.5 Å². The fourth-order valence-electron chi connectivity index (χ4n) is 2.79. The van der Waals surface area contributed by atoms with E-state index in [9.17, 15) is 37.8 Å². The third-order valence-electron chi connectivity index (χ3n) is 4.40. The molecule has 0 aliphatic heterocycles. The number of ether oxygens (including phenoxy) is 4. The number of benzene rings is 2. The van der Waals surface area contributed by atoms with Gasteiger partial charge in [0.2, 0.25) is 9.84 Å². The van der Waals surface area contributed by atoms with Crippen LogP contribution >= 0.6 is 0 Å². The van der Waals surface area contributed by atoms with Gasteiger partial charge in [-0.25, -0.2) is 27.6 Å². The first kappa shape index (κ1) is 25.1. The summed E-state index contributed by atoms with van der Waals surface area (Å²) in [7, 11) is -1.07. The van der Waals surface area contributed by atoms with Crippen LogP contribution in [0.4, 0.5) is 0 Å². The lowest BCUT2D eigenvalue weighted by Crippen LogP contribution is -2.17. The molecule has 176 valence electrons. The number of hydrogen-bond donors (Lipinski definition) is 2. The average Bonchev–Trinajstić information content (AvgIpc) is 2.81. The molecule has 0 radical (unpaired) electrons. The summed E-state index contributed by atoms with van der Waals surface area (Å²) in [5, 5.41) is 20.2. The Balaban J connectivity index is 3.01. The lowest BCUT2D eigenvalue weighted by molar-refractivity contribution is 0.0579. The van der Waals surface area contributed by atoms with E-state index in [4.69, 9.17) is 0 Å². The quantitative estimate of drug-likeness (QED) is 0.442. The molecule has 0 aliphatic carbocycles. The number of phenols is 2. The summed E-state index contributed by atoms with van der Waals surface area (Å²) in [4.78, 5) is 46.7. The van der Waals surface area contributed by atoms with E-state index in [1.54, 1.807) is 0 Å². The molecule has 0 unspecified atom stereocenters. The predicted octanol–water partition coefficient (Wildman–Crippen LogP) is 1.08. The van der Waals surface area contributed by atoms with Crippen LogP contribution in [0.2, 0.25) is 0 Å². The molecule has 0 aliphatic rings. The Hall–Kier alpha value is -4.13. The van der Waals surface area contributed by atoms with E-state index in [1.807, 2.05) is 0 Å². The maximum atomic E-state index is 13.6. The van der Waals surface area contributed by atoms with Gasteiger partial charge in [-0.05, 0) is 24.3 Å². The third-order valence-corrected chi connectivity index (χ3v) is 6.23. The summed E-state index contributed by atoms with van der Waals surface area (Å²) < 4.78 is 45.3. The molecular weight excluding hydrogens is 464 g/mol. The van der Waals surface area contributed by atoms with Gasteiger partial charge in [-0.2, -0.15) is 0 Å². The second-order valence-electron chi connectivity index (χ2n) is 6.20. The summed E-state index contributed by atoms with van der Waals surface area (Å²) in [5.74, 6) is -6.23. The number of aromatic hydroxyl groups is 2. The van der Waals surface area contributed by atoms with Crippen LogP contribution in [-0.4, -0.2) is 70.9 Å². The zero-order valence-electron chi connectivity index (χ0n) is 17.7. The van der Waals surface area contributed by atoms with E-state index in [0.29, 0.717) is 24.3 Å². The summed E-state index contributed by atoms with van der Waals surface area (Å²) in [6, 6.07) is 2.64. The SMILES string of the molecule is COC(=O)c1cc(S(=O)(=O)c2cc(C(=O)OC)c(O)cc2C(=O)OC)c(C(=O)OC)cc1O. The minimum Gasteiger partial charge on any atom is -0.507 e. The highest BCUT2D eigenvalue weighted by atomic mass is 32.2. The largest absolute Gasteiger partial charge is 0.507 e. The number of hydrogen-bond acceptors (Lipinski definition) is 12. The Morgan fingerprint density at radius 2 is 0.848 bits per heavy atom. The van der Waals surface area contributed by atoms with Gasteiger partial charge < -0.3 is 29.2 Å². The molecule has 2 rings (SSSR count). The molecule has 0 heterocycles. The molecule has 0 spiro atoms. The molecule has 0 saturated carbocycles. The molecule has 0 amide bonds. The third kappa shape index (κ3) is 4.57. The van der Waals surface area contributed by atoms with Crippen molar-refractivity contribution in [3.05, 3.63) is 46.5 Å². The number of carbonyl (C=O) groups excluding carboxylic acids is 4. The van der Waals surface area contributed by atoms with E-state index in [-0.39, 0.29) is 0 Å². The number of rotatable bonds is 6. The van der Waals surface area contributed by atoms with Gasteiger partial charge in [0.1, 0.15) is 22.6 Å². The highest BCUT2D eigenvalue weighted by molar-refractivity contribution is 7.91. The first-order chi connectivity index (χ1) is 15.4. The van der Waals surface area contributed by atoms with Gasteiger partial charge in [0.15, 0.2) is 0 Å². The smallest absolute Gasteiger partial charge is 0.341 e. The Kier molecular flexibility index (Phi) is 7.28.